The third-order valence-electron chi connectivity index (χ3n) is 3.07. The molecule has 0 unspecified atom stereocenters. The lowest BCUT2D eigenvalue weighted by Crippen LogP contribution is -2.28. The zero-order valence-electron chi connectivity index (χ0n) is 11.5. The highest BCUT2D eigenvalue weighted by molar-refractivity contribution is 7.89. The fraction of sp³-hybridized carbons (Fsp3) is 0.571. The van der Waals surface area contributed by atoms with E-state index in [0.29, 0.717) is 6.54 Å². The lowest BCUT2D eigenvalue weighted by atomic mass is 10.0. The van der Waals surface area contributed by atoms with Gasteiger partial charge in [-0.05, 0) is 43.4 Å². The van der Waals surface area contributed by atoms with E-state index in [1.54, 1.807) is 0 Å². The average Bonchev–Trinajstić information content (AvgIpc) is 2.31. The van der Waals surface area contributed by atoms with Crippen molar-refractivity contribution >= 4 is 10.0 Å². The van der Waals surface area contributed by atoms with Crippen molar-refractivity contribution in [3.63, 3.8) is 0 Å². The van der Waals surface area contributed by atoms with Crippen molar-refractivity contribution in [2.75, 3.05) is 12.3 Å². The number of benzene rings is 1. The molecule has 0 radical (unpaired) electrons. The van der Waals surface area contributed by atoms with Gasteiger partial charge in [-0.1, -0.05) is 31.5 Å². The highest BCUT2D eigenvalue weighted by atomic mass is 32.2. The van der Waals surface area contributed by atoms with E-state index in [0.717, 1.165) is 19.3 Å². The molecule has 0 amide bonds. The van der Waals surface area contributed by atoms with Gasteiger partial charge in [-0.3, -0.25) is 0 Å². The maximum atomic E-state index is 11.6. The summed E-state index contributed by atoms with van der Waals surface area (Å²) in [5, 5.41) is 0. The number of hydrogen-bond donors (Lipinski definition) is 1. The van der Waals surface area contributed by atoms with Crippen LogP contribution in [0.15, 0.2) is 18.2 Å². The first-order valence-corrected chi connectivity index (χ1v) is 8.13. The van der Waals surface area contributed by atoms with E-state index in [4.69, 9.17) is 0 Å². The maximum absolute atomic E-state index is 11.6. The Kier molecular flexibility index (Phi) is 5.82. The first kappa shape index (κ1) is 15.2. The van der Waals surface area contributed by atoms with E-state index in [2.05, 4.69) is 36.8 Å². The molecule has 0 saturated carbocycles. The smallest absolute Gasteiger partial charge is 0.211 e. The van der Waals surface area contributed by atoms with Crippen LogP contribution in [0.5, 0.6) is 0 Å². The average molecular weight is 269 g/mol. The first-order chi connectivity index (χ1) is 8.44. The van der Waals surface area contributed by atoms with Crippen molar-refractivity contribution < 1.29 is 8.42 Å². The highest BCUT2D eigenvalue weighted by Crippen LogP contribution is 2.10. The van der Waals surface area contributed by atoms with Crippen LogP contribution >= 0.6 is 0 Å². The van der Waals surface area contributed by atoms with Gasteiger partial charge in [-0.25, -0.2) is 13.1 Å². The van der Waals surface area contributed by atoms with E-state index < -0.39 is 10.0 Å². The number of sulfonamides is 1. The Balaban J connectivity index is 2.44. The van der Waals surface area contributed by atoms with E-state index in [9.17, 15) is 8.42 Å². The summed E-state index contributed by atoms with van der Waals surface area (Å²) in [6.07, 6.45) is 2.36. The summed E-state index contributed by atoms with van der Waals surface area (Å²) in [4.78, 5) is 0. The zero-order valence-corrected chi connectivity index (χ0v) is 12.3. The summed E-state index contributed by atoms with van der Waals surface area (Å²) < 4.78 is 25.8. The maximum Gasteiger partial charge on any atom is 0.211 e. The van der Waals surface area contributed by atoms with Crippen molar-refractivity contribution in [3.05, 3.63) is 34.9 Å². The number of unbranched alkanes of at least 4 members (excludes halogenated alkanes) is 1. The number of rotatable bonds is 7. The van der Waals surface area contributed by atoms with Gasteiger partial charge in [0.15, 0.2) is 0 Å². The fourth-order valence-electron chi connectivity index (χ4n) is 1.72. The summed E-state index contributed by atoms with van der Waals surface area (Å²) in [5.74, 6) is 0.233. The summed E-state index contributed by atoms with van der Waals surface area (Å²) >= 11 is 0. The minimum absolute atomic E-state index is 0.233. The Hall–Kier alpha value is -0.870. The van der Waals surface area contributed by atoms with E-state index in [1.807, 2.05) is 6.92 Å². The molecule has 4 heteroatoms. The van der Waals surface area contributed by atoms with Crippen LogP contribution in [0, 0.1) is 13.8 Å². The largest absolute Gasteiger partial charge is 0.215 e. The van der Waals surface area contributed by atoms with Crippen LogP contribution < -0.4 is 4.72 Å². The summed E-state index contributed by atoms with van der Waals surface area (Å²) in [7, 11) is -3.08. The molecule has 0 aromatic heterocycles. The van der Waals surface area contributed by atoms with Crippen molar-refractivity contribution in [1.82, 2.24) is 4.72 Å². The second-order valence-corrected chi connectivity index (χ2v) is 6.66. The molecule has 0 fully saturated rings. The SMILES string of the molecule is CCCCS(=O)(=O)NCCc1ccc(C)c(C)c1. The highest BCUT2D eigenvalue weighted by Gasteiger charge is 2.08. The second-order valence-electron chi connectivity index (χ2n) is 4.74. The Bertz CT molecular complexity index is 481. The molecule has 1 aromatic rings. The lowest BCUT2D eigenvalue weighted by Gasteiger charge is -2.07. The van der Waals surface area contributed by atoms with Gasteiger partial charge < -0.3 is 0 Å². The standard InChI is InChI=1S/C14H23NO2S/c1-4-5-10-18(16,17)15-9-8-14-7-6-12(2)13(3)11-14/h6-7,11,15H,4-5,8-10H2,1-3H3. The Morgan fingerprint density at radius 3 is 2.50 bits per heavy atom. The second kappa shape index (κ2) is 6.90. The third kappa shape index (κ3) is 5.19. The molecule has 3 nitrogen and oxygen atoms in total. The molecular weight excluding hydrogens is 246 g/mol. The Labute approximate surface area is 111 Å². The van der Waals surface area contributed by atoms with E-state index >= 15 is 0 Å². The zero-order chi connectivity index (χ0) is 13.6. The minimum Gasteiger partial charge on any atom is -0.215 e. The molecule has 0 saturated heterocycles. The van der Waals surface area contributed by atoms with Gasteiger partial charge in [-0.15, -0.1) is 0 Å². The normalized spacial score (nSPS) is 11.7. The van der Waals surface area contributed by atoms with Crippen LogP contribution in [0.25, 0.3) is 0 Å². The predicted octanol–water partition coefficient (Wildman–Crippen LogP) is 2.57. The van der Waals surface area contributed by atoms with Crippen LogP contribution in [-0.4, -0.2) is 20.7 Å². The van der Waals surface area contributed by atoms with Crippen molar-refractivity contribution in [2.45, 2.75) is 40.0 Å². The number of nitrogens with one attached hydrogen (secondary N) is 1. The molecule has 0 aliphatic heterocycles. The van der Waals surface area contributed by atoms with Crippen molar-refractivity contribution in [2.24, 2.45) is 0 Å². The van der Waals surface area contributed by atoms with E-state index in [-0.39, 0.29) is 5.75 Å². The molecule has 0 spiro atoms. The Morgan fingerprint density at radius 2 is 1.89 bits per heavy atom. The van der Waals surface area contributed by atoms with E-state index in [1.165, 1.54) is 16.7 Å². The third-order valence-corrected chi connectivity index (χ3v) is 4.54. The Morgan fingerprint density at radius 1 is 1.17 bits per heavy atom. The van der Waals surface area contributed by atoms with Gasteiger partial charge in [0, 0.05) is 6.54 Å². The van der Waals surface area contributed by atoms with Crippen LogP contribution in [0.2, 0.25) is 0 Å². The van der Waals surface area contributed by atoms with Crippen LogP contribution in [0.4, 0.5) is 0 Å². The van der Waals surface area contributed by atoms with Crippen LogP contribution in [-0.2, 0) is 16.4 Å². The minimum atomic E-state index is -3.08. The molecule has 0 aliphatic rings. The summed E-state index contributed by atoms with van der Waals surface area (Å²) in [6.45, 7) is 6.62. The quantitative estimate of drug-likeness (QED) is 0.827. The number of aryl methyl sites for hydroxylation is 2. The molecule has 1 aromatic carbocycles. The molecule has 1 N–H and O–H groups in total. The van der Waals surface area contributed by atoms with Gasteiger partial charge in [0.05, 0.1) is 5.75 Å². The topological polar surface area (TPSA) is 46.2 Å². The van der Waals surface area contributed by atoms with Crippen molar-refractivity contribution in [1.29, 1.82) is 0 Å². The number of hydrogen-bond acceptors (Lipinski definition) is 2. The molecule has 18 heavy (non-hydrogen) atoms. The van der Waals surface area contributed by atoms with Gasteiger partial charge in [0.25, 0.3) is 0 Å². The summed E-state index contributed by atoms with van der Waals surface area (Å²) in [5.41, 5.74) is 3.69. The van der Waals surface area contributed by atoms with Crippen LogP contribution in [0.1, 0.15) is 36.5 Å². The van der Waals surface area contributed by atoms with Gasteiger partial charge in [0.1, 0.15) is 0 Å². The molecule has 0 heterocycles. The molecule has 102 valence electrons. The first-order valence-electron chi connectivity index (χ1n) is 6.48. The van der Waals surface area contributed by atoms with Crippen LogP contribution in [0.3, 0.4) is 0 Å². The molecule has 0 aliphatic carbocycles. The monoisotopic (exact) mass is 269 g/mol. The predicted molar refractivity (Wildman–Crippen MR) is 76.3 cm³/mol. The summed E-state index contributed by atoms with van der Waals surface area (Å²) in [6, 6.07) is 6.26. The lowest BCUT2D eigenvalue weighted by molar-refractivity contribution is 0.578. The molecule has 0 bridgehead atoms. The molecular formula is C14H23NO2S. The fourth-order valence-corrected chi connectivity index (χ4v) is 2.94. The molecule has 1 rings (SSSR count). The van der Waals surface area contributed by atoms with Gasteiger partial charge in [-0.2, -0.15) is 0 Å². The molecule has 0 atom stereocenters. The van der Waals surface area contributed by atoms with Gasteiger partial charge in [0.2, 0.25) is 10.0 Å². The van der Waals surface area contributed by atoms with Gasteiger partial charge >= 0.3 is 0 Å². The van der Waals surface area contributed by atoms with Crippen molar-refractivity contribution in [3.8, 4) is 0 Å².